The van der Waals surface area contributed by atoms with Gasteiger partial charge in [0, 0.05) is 5.92 Å². The summed E-state index contributed by atoms with van der Waals surface area (Å²) in [6.07, 6.45) is 7.84. The van der Waals surface area contributed by atoms with E-state index in [4.69, 9.17) is 9.47 Å². The molecule has 4 aliphatic rings. The zero-order valence-electron chi connectivity index (χ0n) is 20.8. The average Bonchev–Trinajstić information content (AvgIpc) is 3.11. The number of nitrogens with zero attached hydrogens (tertiary/aromatic N) is 1. The summed E-state index contributed by atoms with van der Waals surface area (Å²) < 4.78 is 13.1. The van der Waals surface area contributed by atoms with Gasteiger partial charge in [0.25, 0.3) is 0 Å². The number of rotatable bonds is 7. The molecule has 0 aromatic rings. The van der Waals surface area contributed by atoms with Crippen molar-refractivity contribution in [3.05, 3.63) is 0 Å². The van der Waals surface area contributed by atoms with Crippen LogP contribution in [0.5, 0.6) is 0 Å². The van der Waals surface area contributed by atoms with Crippen LogP contribution in [0.1, 0.15) is 80.1 Å². The number of carbonyl (C=O) groups is 1. The predicted molar refractivity (Wildman–Crippen MR) is 120 cm³/mol. The van der Waals surface area contributed by atoms with Crippen LogP contribution in [0.25, 0.3) is 0 Å². The maximum Gasteiger partial charge on any atom is 0.362 e. The maximum absolute atomic E-state index is 12.8. The number of hydrogen-bond acceptors (Lipinski definition) is 3. The number of esters is 1. The lowest BCUT2D eigenvalue weighted by atomic mass is 9.70. The molecule has 0 amide bonds. The van der Waals surface area contributed by atoms with Crippen LogP contribution in [0.15, 0.2) is 0 Å². The summed E-state index contributed by atoms with van der Waals surface area (Å²) in [6, 6.07) is 0. The first-order valence-electron chi connectivity index (χ1n) is 12.4. The number of carbonyl (C=O) groups excluding carboxylic acids is 1. The second-order valence-electron chi connectivity index (χ2n) is 13.4. The molecule has 0 aromatic carbocycles. The molecule has 0 saturated heterocycles. The third-order valence-corrected chi connectivity index (χ3v) is 11.2. The Morgan fingerprint density at radius 2 is 1.70 bits per heavy atom. The van der Waals surface area contributed by atoms with E-state index in [1.165, 1.54) is 32.1 Å². The van der Waals surface area contributed by atoms with Crippen molar-refractivity contribution in [2.75, 3.05) is 33.8 Å². The molecule has 6 atom stereocenters. The first kappa shape index (κ1) is 22.6. The Hall–Kier alpha value is -0.610. The van der Waals surface area contributed by atoms with E-state index in [1.807, 2.05) is 0 Å². The first-order chi connectivity index (χ1) is 13.7. The first-order valence-corrected chi connectivity index (χ1v) is 12.4. The van der Waals surface area contributed by atoms with Crippen LogP contribution in [-0.4, -0.2) is 56.5 Å². The molecule has 30 heavy (non-hydrogen) atoms. The molecule has 0 spiro atoms. The van der Waals surface area contributed by atoms with Gasteiger partial charge in [-0.1, -0.05) is 41.5 Å². The van der Waals surface area contributed by atoms with E-state index in [2.05, 4.69) is 55.6 Å². The second kappa shape index (κ2) is 6.94. The highest BCUT2D eigenvalue weighted by Crippen LogP contribution is 2.67. The smallest absolute Gasteiger partial charge is 0.362 e. The van der Waals surface area contributed by atoms with Crippen LogP contribution in [0.2, 0.25) is 0 Å². The van der Waals surface area contributed by atoms with Gasteiger partial charge in [0.1, 0.15) is 12.6 Å². The Morgan fingerprint density at radius 3 is 2.20 bits per heavy atom. The van der Waals surface area contributed by atoms with E-state index in [0.29, 0.717) is 39.3 Å². The van der Waals surface area contributed by atoms with Gasteiger partial charge in [0.05, 0.1) is 26.8 Å². The Kier molecular flexibility index (Phi) is 5.22. The fraction of sp³-hybridized carbons (Fsp3) is 0.962. The monoisotopic (exact) mass is 420 g/mol. The van der Waals surface area contributed by atoms with Gasteiger partial charge in [-0.05, 0) is 66.1 Å². The normalized spacial score (nSPS) is 43.3. The van der Waals surface area contributed by atoms with Crippen molar-refractivity contribution in [3.8, 4) is 0 Å². The van der Waals surface area contributed by atoms with Crippen LogP contribution >= 0.6 is 0 Å². The average molecular weight is 421 g/mol. The zero-order chi connectivity index (χ0) is 22.2. The minimum atomic E-state index is -0.0371. The Balaban J connectivity index is 1.25. The van der Waals surface area contributed by atoms with Crippen LogP contribution < -0.4 is 0 Å². The minimum Gasteiger partial charge on any atom is -0.458 e. The van der Waals surface area contributed by atoms with Crippen molar-refractivity contribution in [2.45, 2.75) is 92.3 Å². The molecule has 4 aliphatic carbocycles. The van der Waals surface area contributed by atoms with E-state index in [0.717, 1.165) is 25.5 Å². The summed E-state index contributed by atoms with van der Waals surface area (Å²) in [6.45, 7) is 16.4. The summed E-state index contributed by atoms with van der Waals surface area (Å²) in [7, 11) is 4.26. The number of ether oxygens (including phenoxy) is 2. The molecule has 172 valence electrons. The molecule has 0 unspecified atom stereocenters. The second-order valence-corrected chi connectivity index (χ2v) is 13.4. The largest absolute Gasteiger partial charge is 0.458 e. The van der Waals surface area contributed by atoms with E-state index in [1.54, 1.807) is 0 Å². The van der Waals surface area contributed by atoms with E-state index in [9.17, 15) is 4.79 Å². The lowest BCUT2D eigenvalue weighted by molar-refractivity contribution is -0.883. The Morgan fingerprint density at radius 1 is 1.00 bits per heavy atom. The Labute approximate surface area is 184 Å². The van der Waals surface area contributed by atoms with Crippen molar-refractivity contribution < 1.29 is 18.8 Å². The lowest BCUT2D eigenvalue weighted by Gasteiger charge is -2.39. The maximum atomic E-state index is 12.8. The fourth-order valence-electron chi connectivity index (χ4n) is 7.79. The van der Waals surface area contributed by atoms with E-state index >= 15 is 0 Å². The molecule has 4 nitrogen and oxygen atoms in total. The third-order valence-electron chi connectivity index (χ3n) is 11.2. The zero-order valence-corrected chi connectivity index (χ0v) is 20.8. The highest BCUT2D eigenvalue weighted by molar-refractivity contribution is 5.71. The molecule has 4 fully saturated rings. The molecule has 0 radical (unpaired) electrons. The standard InChI is InChI=1S/C26H46NO3/c1-23(2)18-9-12-26(23,6)21(15-18)29-14-13-27(7,8)17-22(28)30-20-16-25(5)11-10-19(20)24(25,3)4/h18-21H,9-17H2,1-8H3/q+1/t18-,19-,20-,21+,25+,26+/m1/s1. The highest BCUT2D eigenvalue weighted by atomic mass is 16.5. The van der Waals surface area contributed by atoms with Gasteiger partial charge in [0.2, 0.25) is 0 Å². The number of fused-ring (bicyclic) bond motifs is 4. The molecule has 0 aromatic heterocycles. The van der Waals surface area contributed by atoms with Gasteiger partial charge in [-0.15, -0.1) is 0 Å². The topological polar surface area (TPSA) is 35.5 Å². The van der Waals surface area contributed by atoms with Gasteiger partial charge in [0.15, 0.2) is 6.54 Å². The van der Waals surface area contributed by atoms with Gasteiger partial charge in [-0.3, -0.25) is 0 Å². The lowest BCUT2D eigenvalue weighted by Crippen LogP contribution is -2.48. The third kappa shape index (κ3) is 3.27. The number of likely N-dealkylation sites (N-methyl/N-ethyl adjacent to an activating group) is 1. The van der Waals surface area contributed by atoms with Crippen molar-refractivity contribution in [3.63, 3.8) is 0 Å². The molecular formula is C26H46NO3+. The molecule has 4 bridgehead atoms. The summed E-state index contributed by atoms with van der Waals surface area (Å²) in [4.78, 5) is 12.8. The van der Waals surface area contributed by atoms with Gasteiger partial charge in [-0.25, -0.2) is 4.79 Å². The van der Waals surface area contributed by atoms with Gasteiger partial charge >= 0.3 is 5.97 Å². The molecule has 4 saturated carbocycles. The SMILES string of the molecule is CC1(C)[C@@H]2CC[C@@]1(C)C[C@H]2OC(=O)C[N+](C)(C)CCO[C@H]1C[C@H]2CC[C@]1(C)C2(C)C. The van der Waals surface area contributed by atoms with Crippen LogP contribution in [0.3, 0.4) is 0 Å². The molecule has 4 heteroatoms. The molecule has 0 aliphatic heterocycles. The van der Waals surface area contributed by atoms with Gasteiger partial charge in [-0.2, -0.15) is 0 Å². The fourth-order valence-corrected chi connectivity index (χ4v) is 7.79. The van der Waals surface area contributed by atoms with Crippen LogP contribution in [-0.2, 0) is 14.3 Å². The van der Waals surface area contributed by atoms with Crippen molar-refractivity contribution in [2.24, 2.45) is 33.5 Å². The quantitative estimate of drug-likeness (QED) is 0.427. The summed E-state index contributed by atoms with van der Waals surface area (Å²) in [5, 5.41) is 0. The van der Waals surface area contributed by atoms with Crippen LogP contribution in [0, 0.1) is 33.5 Å². The summed E-state index contributed by atoms with van der Waals surface area (Å²) >= 11 is 0. The molecule has 0 heterocycles. The predicted octanol–water partition coefficient (Wildman–Crippen LogP) is 5.05. The number of hydrogen-bond donors (Lipinski definition) is 0. The Bertz CT molecular complexity index is 696. The van der Waals surface area contributed by atoms with Gasteiger partial charge < -0.3 is 14.0 Å². The van der Waals surface area contributed by atoms with E-state index < -0.39 is 0 Å². The van der Waals surface area contributed by atoms with Crippen molar-refractivity contribution >= 4 is 5.97 Å². The highest BCUT2D eigenvalue weighted by Gasteiger charge is 2.63. The summed E-state index contributed by atoms with van der Waals surface area (Å²) in [5.74, 6) is 1.29. The van der Waals surface area contributed by atoms with Crippen molar-refractivity contribution in [1.29, 1.82) is 0 Å². The van der Waals surface area contributed by atoms with E-state index in [-0.39, 0.29) is 17.5 Å². The molecule has 4 rings (SSSR count). The minimum absolute atomic E-state index is 0.0371. The molecule has 0 N–H and O–H groups in total. The van der Waals surface area contributed by atoms with Crippen LogP contribution in [0.4, 0.5) is 0 Å². The number of quaternary nitrogens is 1. The molecular weight excluding hydrogens is 374 g/mol. The van der Waals surface area contributed by atoms with Crippen molar-refractivity contribution in [1.82, 2.24) is 0 Å². The summed E-state index contributed by atoms with van der Waals surface area (Å²) in [5.41, 5.74) is 1.29.